The molecule has 1 unspecified atom stereocenters. The predicted octanol–water partition coefficient (Wildman–Crippen LogP) is 5.09. The topological polar surface area (TPSA) is 45.2 Å². The van der Waals surface area contributed by atoms with E-state index in [1.54, 1.807) is 11.1 Å². The maximum atomic E-state index is 13.2. The average molecular weight is 357 g/mol. The Labute approximate surface area is 159 Å². The first-order chi connectivity index (χ1) is 13.0. The third kappa shape index (κ3) is 2.97. The molecule has 4 nitrogen and oxygen atoms in total. The second-order valence-corrected chi connectivity index (χ2v) is 7.28. The summed E-state index contributed by atoms with van der Waals surface area (Å²) in [7, 11) is 0. The van der Waals surface area contributed by atoms with Gasteiger partial charge < -0.3 is 5.32 Å². The number of aryl methyl sites for hydroxylation is 4. The number of fused-ring (bicyclic) bond motifs is 1. The molecule has 0 saturated heterocycles. The number of pyridine rings is 1. The molecule has 0 saturated carbocycles. The zero-order valence-corrected chi connectivity index (χ0v) is 16.1. The van der Waals surface area contributed by atoms with Gasteiger partial charge in [-0.25, -0.2) is 4.98 Å². The minimum atomic E-state index is -0.288. The zero-order chi connectivity index (χ0) is 19.1. The Bertz CT molecular complexity index is 1000. The van der Waals surface area contributed by atoms with E-state index in [1.807, 2.05) is 43.3 Å². The molecule has 4 rings (SSSR count). The number of nitrogens with one attached hydrogen (secondary N) is 1. The van der Waals surface area contributed by atoms with Crippen molar-refractivity contribution in [1.82, 2.24) is 4.98 Å². The Morgan fingerprint density at radius 3 is 2.30 bits per heavy atom. The first-order valence-corrected chi connectivity index (χ1v) is 9.15. The second kappa shape index (κ2) is 6.54. The van der Waals surface area contributed by atoms with Crippen molar-refractivity contribution in [2.24, 2.45) is 0 Å². The fourth-order valence-electron chi connectivity index (χ4n) is 3.84. The summed E-state index contributed by atoms with van der Waals surface area (Å²) in [4.78, 5) is 19.4. The molecular weight excluding hydrogens is 334 g/mol. The molecular formula is C23H23N3O. The van der Waals surface area contributed by atoms with Crippen LogP contribution in [0.3, 0.4) is 0 Å². The summed E-state index contributed by atoms with van der Waals surface area (Å²) in [5, 5.41) is 3.62. The van der Waals surface area contributed by atoms with Crippen LogP contribution < -0.4 is 10.2 Å². The smallest absolute Gasteiger partial charge is 0.261 e. The molecule has 0 bridgehead atoms. The molecule has 0 spiro atoms. The highest BCUT2D eigenvalue weighted by Crippen LogP contribution is 2.38. The van der Waals surface area contributed by atoms with Gasteiger partial charge in [-0.3, -0.25) is 9.69 Å². The van der Waals surface area contributed by atoms with Crippen molar-refractivity contribution < 1.29 is 4.79 Å². The number of carbonyl (C=O) groups excluding carboxylic acids is 1. The number of nitrogens with zero attached hydrogens (tertiary/aromatic N) is 2. The van der Waals surface area contributed by atoms with Gasteiger partial charge in [0.1, 0.15) is 12.0 Å². The van der Waals surface area contributed by atoms with Crippen molar-refractivity contribution in [3.63, 3.8) is 0 Å². The van der Waals surface area contributed by atoms with Crippen LogP contribution in [0, 0.1) is 27.7 Å². The molecule has 1 aliphatic heterocycles. The Morgan fingerprint density at radius 1 is 0.926 bits per heavy atom. The molecule has 2 heterocycles. The van der Waals surface area contributed by atoms with E-state index >= 15 is 0 Å². The van der Waals surface area contributed by atoms with Crippen LogP contribution in [-0.4, -0.2) is 10.9 Å². The van der Waals surface area contributed by atoms with Gasteiger partial charge >= 0.3 is 0 Å². The van der Waals surface area contributed by atoms with Gasteiger partial charge in [-0.2, -0.15) is 0 Å². The fourth-order valence-corrected chi connectivity index (χ4v) is 3.84. The number of aromatic nitrogens is 1. The molecule has 0 fully saturated rings. The lowest BCUT2D eigenvalue weighted by atomic mass is 10.0. The maximum Gasteiger partial charge on any atom is 0.261 e. The molecule has 1 N–H and O–H groups in total. The van der Waals surface area contributed by atoms with Crippen molar-refractivity contribution in [1.29, 1.82) is 0 Å². The summed E-state index contributed by atoms with van der Waals surface area (Å²) >= 11 is 0. The van der Waals surface area contributed by atoms with Crippen LogP contribution in [0.1, 0.15) is 44.3 Å². The van der Waals surface area contributed by atoms with Crippen LogP contribution in [0.25, 0.3) is 0 Å². The summed E-state index contributed by atoms with van der Waals surface area (Å²) in [6.45, 7) is 8.28. The van der Waals surface area contributed by atoms with Gasteiger partial charge in [0, 0.05) is 23.0 Å². The van der Waals surface area contributed by atoms with Gasteiger partial charge in [0.25, 0.3) is 5.91 Å². The molecule has 4 heteroatoms. The Balaban J connectivity index is 1.82. The predicted molar refractivity (Wildman–Crippen MR) is 109 cm³/mol. The minimum Gasteiger partial charge on any atom is -0.361 e. The minimum absolute atomic E-state index is 0.0260. The van der Waals surface area contributed by atoms with Crippen LogP contribution in [0.4, 0.5) is 11.5 Å². The van der Waals surface area contributed by atoms with Gasteiger partial charge in [0.05, 0.1) is 0 Å². The lowest BCUT2D eigenvalue weighted by Gasteiger charge is -2.28. The van der Waals surface area contributed by atoms with Crippen LogP contribution in [0.5, 0.6) is 0 Å². The number of anilines is 2. The van der Waals surface area contributed by atoms with Crippen molar-refractivity contribution in [3.05, 3.63) is 88.1 Å². The normalized spacial score (nSPS) is 15.8. The zero-order valence-electron chi connectivity index (χ0n) is 16.1. The Kier molecular flexibility index (Phi) is 4.19. The third-order valence-electron chi connectivity index (χ3n) is 5.06. The molecule has 2 aromatic carbocycles. The largest absolute Gasteiger partial charge is 0.361 e. The van der Waals surface area contributed by atoms with E-state index in [9.17, 15) is 4.79 Å². The summed E-state index contributed by atoms with van der Waals surface area (Å²) < 4.78 is 0. The van der Waals surface area contributed by atoms with Crippen molar-refractivity contribution >= 4 is 17.4 Å². The van der Waals surface area contributed by atoms with E-state index in [1.165, 1.54) is 16.7 Å². The van der Waals surface area contributed by atoms with Crippen molar-refractivity contribution in [3.8, 4) is 0 Å². The lowest BCUT2D eigenvalue weighted by molar-refractivity contribution is 0.0992. The molecule has 3 aromatic rings. The molecule has 1 amide bonds. The van der Waals surface area contributed by atoms with E-state index in [0.717, 1.165) is 22.4 Å². The number of hydrogen-bond acceptors (Lipinski definition) is 3. The van der Waals surface area contributed by atoms with Gasteiger partial charge in [0.2, 0.25) is 0 Å². The third-order valence-corrected chi connectivity index (χ3v) is 5.06. The van der Waals surface area contributed by atoms with Gasteiger partial charge in [0.15, 0.2) is 0 Å². The number of carbonyl (C=O) groups is 1. The first kappa shape index (κ1) is 17.3. The van der Waals surface area contributed by atoms with Gasteiger partial charge in [-0.05, 0) is 56.5 Å². The molecule has 136 valence electrons. The van der Waals surface area contributed by atoms with E-state index in [2.05, 4.69) is 43.2 Å². The SMILES string of the molecule is Cc1ccc(N2C(=O)c3ccccc3C2Nc2c(C)cc(C)cc2C)nc1. The van der Waals surface area contributed by atoms with E-state index < -0.39 is 0 Å². The standard InChI is InChI=1S/C23H23N3O/c1-14-9-10-20(24-13-14)26-22(18-7-5-6-8-19(18)23(26)27)25-21-16(3)11-15(2)12-17(21)4/h5-13,22,25H,1-4H3. The highest BCUT2D eigenvalue weighted by molar-refractivity contribution is 6.11. The van der Waals surface area contributed by atoms with Crippen LogP contribution in [-0.2, 0) is 0 Å². The number of benzene rings is 2. The highest BCUT2D eigenvalue weighted by Gasteiger charge is 2.38. The van der Waals surface area contributed by atoms with Gasteiger partial charge in [-0.1, -0.05) is 42.0 Å². The van der Waals surface area contributed by atoms with Crippen molar-refractivity contribution in [2.75, 3.05) is 10.2 Å². The summed E-state index contributed by atoms with van der Waals surface area (Å²) in [6, 6.07) is 16.0. The van der Waals surface area contributed by atoms with Crippen LogP contribution in [0.15, 0.2) is 54.7 Å². The monoisotopic (exact) mass is 357 g/mol. The van der Waals surface area contributed by atoms with Crippen LogP contribution in [0.2, 0.25) is 0 Å². The molecule has 1 atom stereocenters. The van der Waals surface area contributed by atoms with E-state index in [0.29, 0.717) is 5.82 Å². The van der Waals surface area contributed by atoms with E-state index in [-0.39, 0.29) is 12.1 Å². The Hall–Kier alpha value is -3.14. The lowest BCUT2D eigenvalue weighted by Crippen LogP contribution is -2.33. The number of rotatable bonds is 3. The summed E-state index contributed by atoms with van der Waals surface area (Å²) in [5.74, 6) is 0.628. The van der Waals surface area contributed by atoms with Crippen molar-refractivity contribution in [2.45, 2.75) is 33.9 Å². The molecule has 0 aliphatic carbocycles. The first-order valence-electron chi connectivity index (χ1n) is 9.15. The molecule has 1 aromatic heterocycles. The highest BCUT2D eigenvalue weighted by atomic mass is 16.2. The number of hydrogen-bond donors (Lipinski definition) is 1. The number of amides is 1. The summed E-state index contributed by atoms with van der Waals surface area (Å²) in [5.41, 5.74) is 7.40. The molecule has 1 aliphatic rings. The summed E-state index contributed by atoms with van der Waals surface area (Å²) in [6.07, 6.45) is 1.51. The average Bonchev–Trinajstić information content (AvgIpc) is 2.91. The molecule has 27 heavy (non-hydrogen) atoms. The molecule has 0 radical (unpaired) electrons. The second-order valence-electron chi connectivity index (χ2n) is 7.28. The maximum absolute atomic E-state index is 13.2. The van der Waals surface area contributed by atoms with E-state index in [4.69, 9.17) is 0 Å². The van der Waals surface area contributed by atoms with Gasteiger partial charge in [-0.15, -0.1) is 0 Å². The van der Waals surface area contributed by atoms with Crippen LogP contribution >= 0.6 is 0 Å². The fraction of sp³-hybridized carbons (Fsp3) is 0.217. The quantitative estimate of drug-likeness (QED) is 0.710. The Morgan fingerprint density at radius 2 is 1.63 bits per heavy atom.